The molecule has 0 radical (unpaired) electrons. The van der Waals surface area contributed by atoms with Gasteiger partial charge in [-0.25, -0.2) is 4.98 Å². The number of aromatic nitrogens is 1. The summed E-state index contributed by atoms with van der Waals surface area (Å²) in [5, 5.41) is 6.13. The molecule has 2 heterocycles. The van der Waals surface area contributed by atoms with Crippen molar-refractivity contribution in [3.8, 4) is 0 Å². The van der Waals surface area contributed by atoms with E-state index >= 15 is 0 Å². The molecule has 0 saturated carbocycles. The quantitative estimate of drug-likeness (QED) is 0.891. The molecule has 0 atom stereocenters. The smallest absolute Gasteiger partial charge is 0.257 e. The number of amides is 2. The Morgan fingerprint density at radius 3 is 2.90 bits per heavy atom. The highest BCUT2D eigenvalue weighted by atomic mass is 32.1. The third-order valence-electron chi connectivity index (χ3n) is 3.24. The van der Waals surface area contributed by atoms with Crippen molar-refractivity contribution in [1.82, 2.24) is 4.98 Å². The number of nitrogens with zero attached hydrogens (tertiary/aromatic N) is 1. The average molecular weight is 287 g/mol. The Bertz CT molecular complexity index is 702. The van der Waals surface area contributed by atoms with Crippen molar-refractivity contribution < 1.29 is 9.59 Å². The Morgan fingerprint density at radius 1 is 1.40 bits per heavy atom. The van der Waals surface area contributed by atoms with E-state index in [-0.39, 0.29) is 11.8 Å². The number of carbonyl (C=O) groups excluding carboxylic acids is 2. The zero-order valence-electron chi connectivity index (χ0n) is 11.1. The van der Waals surface area contributed by atoms with Crippen LogP contribution in [-0.4, -0.2) is 16.8 Å². The highest BCUT2D eigenvalue weighted by molar-refractivity contribution is 7.15. The van der Waals surface area contributed by atoms with Gasteiger partial charge >= 0.3 is 0 Å². The molecule has 6 heteroatoms. The highest BCUT2D eigenvalue weighted by Crippen LogP contribution is 2.25. The third-order valence-corrected chi connectivity index (χ3v) is 4.23. The van der Waals surface area contributed by atoms with Crippen molar-refractivity contribution in [2.45, 2.75) is 20.3 Å². The monoisotopic (exact) mass is 287 g/mol. The van der Waals surface area contributed by atoms with E-state index in [1.807, 2.05) is 13.8 Å². The summed E-state index contributed by atoms with van der Waals surface area (Å²) >= 11 is 1.45. The van der Waals surface area contributed by atoms with Crippen molar-refractivity contribution in [3.05, 3.63) is 39.9 Å². The van der Waals surface area contributed by atoms with Crippen LogP contribution in [-0.2, 0) is 11.2 Å². The average Bonchev–Trinajstić information content (AvgIpc) is 2.90. The first-order valence-corrected chi connectivity index (χ1v) is 7.03. The van der Waals surface area contributed by atoms with Gasteiger partial charge in [0.15, 0.2) is 5.13 Å². The molecular formula is C14H13N3O2S. The lowest BCUT2D eigenvalue weighted by molar-refractivity contribution is -0.115. The number of anilines is 2. The Labute approximate surface area is 120 Å². The van der Waals surface area contributed by atoms with Gasteiger partial charge in [0.2, 0.25) is 5.91 Å². The summed E-state index contributed by atoms with van der Waals surface area (Å²) < 4.78 is 0. The van der Waals surface area contributed by atoms with Crippen molar-refractivity contribution in [1.29, 1.82) is 0 Å². The largest absolute Gasteiger partial charge is 0.326 e. The van der Waals surface area contributed by atoms with Gasteiger partial charge in [-0.3, -0.25) is 14.9 Å². The number of thiazole rings is 1. The van der Waals surface area contributed by atoms with E-state index in [1.165, 1.54) is 11.3 Å². The molecule has 0 fully saturated rings. The number of benzene rings is 1. The van der Waals surface area contributed by atoms with Crippen LogP contribution in [0, 0.1) is 13.8 Å². The van der Waals surface area contributed by atoms with Crippen LogP contribution in [0.25, 0.3) is 0 Å². The van der Waals surface area contributed by atoms with Crippen LogP contribution in [0.3, 0.4) is 0 Å². The molecule has 0 unspecified atom stereocenters. The van der Waals surface area contributed by atoms with Crippen LogP contribution in [0.1, 0.15) is 26.5 Å². The predicted octanol–water partition coefficient (Wildman–Crippen LogP) is 2.51. The zero-order valence-corrected chi connectivity index (χ0v) is 11.9. The Kier molecular flexibility index (Phi) is 3.02. The molecule has 3 rings (SSSR count). The lowest BCUT2D eigenvalue weighted by atomic mass is 10.1. The molecule has 0 aliphatic carbocycles. The molecule has 2 N–H and O–H groups in total. The lowest BCUT2D eigenvalue weighted by Crippen LogP contribution is -2.11. The van der Waals surface area contributed by atoms with Gasteiger partial charge in [-0.05, 0) is 37.6 Å². The second-order valence-corrected chi connectivity index (χ2v) is 5.91. The van der Waals surface area contributed by atoms with E-state index in [1.54, 1.807) is 18.2 Å². The fourth-order valence-corrected chi connectivity index (χ4v) is 2.88. The minimum Gasteiger partial charge on any atom is -0.326 e. The number of aryl methyl sites for hydroxylation is 2. The first-order valence-electron chi connectivity index (χ1n) is 6.21. The SMILES string of the molecule is Cc1nc(NC(=O)c2ccc3c(c2)CC(=O)N3)sc1C. The van der Waals surface area contributed by atoms with E-state index < -0.39 is 0 Å². The van der Waals surface area contributed by atoms with E-state index in [4.69, 9.17) is 0 Å². The van der Waals surface area contributed by atoms with E-state index in [2.05, 4.69) is 15.6 Å². The highest BCUT2D eigenvalue weighted by Gasteiger charge is 2.19. The van der Waals surface area contributed by atoms with Crippen molar-refractivity contribution in [2.75, 3.05) is 10.6 Å². The molecule has 0 bridgehead atoms. The van der Waals surface area contributed by atoms with Crippen LogP contribution in [0.4, 0.5) is 10.8 Å². The number of rotatable bonds is 2. The Morgan fingerprint density at radius 2 is 2.20 bits per heavy atom. The van der Waals surface area contributed by atoms with E-state index in [9.17, 15) is 9.59 Å². The Balaban J connectivity index is 1.81. The normalized spacial score (nSPS) is 13.0. The number of carbonyl (C=O) groups is 2. The standard InChI is InChI=1S/C14H13N3O2S/c1-7-8(2)20-14(15-7)17-13(19)9-3-4-11-10(5-9)6-12(18)16-11/h3-5H,6H2,1-2H3,(H,16,18)(H,15,17,19). The number of hydrogen-bond donors (Lipinski definition) is 2. The van der Waals surface area contributed by atoms with Gasteiger partial charge in [-0.15, -0.1) is 11.3 Å². The van der Waals surface area contributed by atoms with Gasteiger partial charge in [0.05, 0.1) is 12.1 Å². The van der Waals surface area contributed by atoms with Gasteiger partial charge in [0.1, 0.15) is 0 Å². The molecule has 0 saturated heterocycles. The van der Waals surface area contributed by atoms with Gasteiger partial charge in [-0.1, -0.05) is 0 Å². The Hall–Kier alpha value is -2.21. The van der Waals surface area contributed by atoms with Crippen molar-refractivity contribution in [2.24, 2.45) is 0 Å². The molecular weight excluding hydrogens is 274 g/mol. The topological polar surface area (TPSA) is 71.1 Å². The van der Waals surface area contributed by atoms with Crippen molar-refractivity contribution >= 4 is 34.0 Å². The van der Waals surface area contributed by atoms with Crippen LogP contribution < -0.4 is 10.6 Å². The minimum absolute atomic E-state index is 0.0382. The zero-order chi connectivity index (χ0) is 14.3. The molecule has 1 aliphatic rings. The molecule has 1 aromatic carbocycles. The van der Waals surface area contributed by atoms with Gasteiger partial charge in [0.25, 0.3) is 5.91 Å². The maximum absolute atomic E-state index is 12.2. The van der Waals surface area contributed by atoms with Crippen LogP contribution in [0.15, 0.2) is 18.2 Å². The fourth-order valence-electron chi connectivity index (χ4n) is 2.07. The number of fused-ring (bicyclic) bond motifs is 1. The van der Waals surface area contributed by atoms with Crippen molar-refractivity contribution in [3.63, 3.8) is 0 Å². The molecule has 1 aliphatic heterocycles. The predicted molar refractivity (Wildman–Crippen MR) is 78.3 cm³/mol. The number of hydrogen-bond acceptors (Lipinski definition) is 4. The minimum atomic E-state index is -0.208. The summed E-state index contributed by atoms with van der Waals surface area (Å²) in [6.45, 7) is 3.88. The summed E-state index contributed by atoms with van der Waals surface area (Å²) in [6.07, 6.45) is 0.325. The van der Waals surface area contributed by atoms with Crippen LogP contribution in [0.2, 0.25) is 0 Å². The lowest BCUT2D eigenvalue weighted by Gasteiger charge is -2.04. The summed E-state index contributed by atoms with van der Waals surface area (Å²) in [5.41, 5.74) is 3.10. The molecule has 2 aromatic rings. The molecule has 2 amide bonds. The molecule has 0 spiro atoms. The molecule has 1 aromatic heterocycles. The first kappa shape index (κ1) is 12.8. The second-order valence-electron chi connectivity index (χ2n) is 4.71. The fraction of sp³-hybridized carbons (Fsp3) is 0.214. The van der Waals surface area contributed by atoms with Crippen LogP contribution >= 0.6 is 11.3 Å². The third kappa shape index (κ3) is 2.30. The van der Waals surface area contributed by atoms with Gasteiger partial charge < -0.3 is 5.32 Å². The van der Waals surface area contributed by atoms with E-state index in [0.29, 0.717) is 17.1 Å². The summed E-state index contributed by atoms with van der Waals surface area (Å²) in [5.74, 6) is -0.246. The maximum Gasteiger partial charge on any atom is 0.257 e. The van der Waals surface area contributed by atoms with E-state index in [0.717, 1.165) is 21.8 Å². The molecule has 20 heavy (non-hydrogen) atoms. The first-order chi connectivity index (χ1) is 9.52. The van der Waals surface area contributed by atoms with Gasteiger partial charge in [-0.2, -0.15) is 0 Å². The van der Waals surface area contributed by atoms with Gasteiger partial charge in [0, 0.05) is 16.1 Å². The molecule has 102 valence electrons. The maximum atomic E-state index is 12.2. The summed E-state index contributed by atoms with van der Waals surface area (Å²) in [7, 11) is 0. The molecule has 5 nitrogen and oxygen atoms in total. The summed E-state index contributed by atoms with van der Waals surface area (Å²) in [4.78, 5) is 28.8. The van der Waals surface area contributed by atoms with Crippen LogP contribution in [0.5, 0.6) is 0 Å². The number of nitrogens with one attached hydrogen (secondary N) is 2. The summed E-state index contributed by atoms with van der Waals surface area (Å²) in [6, 6.07) is 5.20. The second kappa shape index (κ2) is 4.72.